The average Bonchev–Trinajstić information content (AvgIpc) is 2.24. The van der Waals surface area contributed by atoms with Crippen LogP contribution in [0.3, 0.4) is 0 Å². The van der Waals surface area contributed by atoms with Crippen LogP contribution in [0, 0.1) is 5.92 Å². The predicted molar refractivity (Wildman–Crippen MR) is 74.2 cm³/mol. The Hall–Kier alpha value is -0.970. The third-order valence-corrected chi connectivity index (χ3v) is 2.92. The zero-order valence-corrected chi connectivity index (χ0v) is 11.7. The normalized spacial score (nSPS) is 12.6. The van der Waals surface area contributed by atoms with Crippen molar-refractivity contribution in [1.29, 1.82) is 0 Å². The fourth-order valence-electron chi connectivity index (χ4n) is 1.49. The van der Waals surface area contributed by atoms with E-state index in [0.29, 0.717) is 18.0 Å². The summed E-state index contributed by atoms with van der Waals surface area (Å²) in [6.07, 6.45) is 0.589. The van der Waals surface area contributed by atoms with E-state index < -0.39 is 6.04 Å². The number of halogens is 2. The van der Waals surface area contributed by atoms with E-state index in [2.05, 4.69) is 5.32 Å². The molecule has 0 heterocycles. The standard InChI is InChI=1S/C12H16Cl2N2O2/c1-6(2)3-10(15)12(18)16-7-4-8(13)11(17)9(14)5-7/h4-6,10,17H,3,15H2,1-2H3,(H,16,18)/t10-/m1/s1. The highest BCUT2D eigenvalue weighted by atomic mass is 35.5. The van der Waals surface area contributed by atoms with E-state index in [9.17, 15) is 9.90 Å². The van der Waals surface area contributed by atoms with Crippen molar-refractivity contribution in [2.45, 2.75) is 26.3 Å². The minimum Gasteiger partial charge on any atom is -0.505 e. The molecule has 0 saturated heterocycles. The second kappa shape index (κ2) is 6.27. The first-order valence-electron chi connectivity index (χ1n) is 5.55. The lowest BCUT2D eigenvalue weighted by Gasteiger charge is -2.14. The number of anilines is 1. The maximum absolute atomic E-state index is 11.8. The Kier molecular flexibility index (Phi) is 5.26. The number of rotatable bonds is 4. The first kappa shape index (κ1) is 15.1. The van der Waals surface area contributed by atoms with E-state index in [1.807, 2.05) is 13.8 Å². The molecule has 0 bridgehead atoms. The molecule has 1 atom stereocenters. The fraction of sp³-hybridized carbons (Fsp3) is 0.417. The number of benzene rings is 1. The summed E-state index contributed by atoms with van der Waals surface area (Å²) in [7, 11) is 0. The topological polar surface area (TPSA) is 75.4 Å². The molecule has 0 aliphatic heterocycles. The Bertz CT molecular complexity index is 427. The number of nitrogens with two attached hydrogens (primary N) is 1. The lowest BCUT2D eigenvalue weighted by atomic mass is 10.0. The molecule has 1 aromatic carbocycles. The van der Waals surface area contributed by atoms with Crippen LogP contribution in [0.1, 0.15) is 20.3 Å². The molecule has 0 saturated carbocycles. The van der Waals surface area contributed by atoms with Crippen LogP contribution in [0.15, 0.2) is 12.1 Å². The van der Waals surface area contributed by atoms with E-state index in [0.717, 1.165) is 0 Å². The minimum absolute atomic E-state index is 0.0789. The highest BCUT2D eigenvalue weighted by Crippen LogP contribution is 2.34. The second-order valence-electron chi connectivity index (χ2n) is 4.51. The molecular weight excluding hydrogens is 275 g/mol. The minimum atomic E-state index is -0.587. The van der Waals surface area contributed by atoms with Gasteiger partial charge < -0.3 is 16.2 Å². The molecule has 1 aromatic rings. The second-order valence-corrected chi connectivity index (χ2v) is 5.33. The van der Waals surface area contributed by atoms with E-state index in [-0.39, 0.29) is 21.7 Å². The number of phenols is 1. The number of amides is 1. The number of phenolic OH excluding ortho intramolecular Hbond substituents is 1. The molecule has 0 unspecified atom stereocenters. The van der Waals surface area contributed by atoms with Crippen LogP contribution in [-0.2, 0) is 4.79 Å². The summed E-state index contributed by atoms with van der Waals surface area (Å²) in [5.41, 5.74) is 6.15. The number of hydrogen-bond donors (Lipinski definition) is 3. The van der Waals surface area contributed by atoms with Crippen molar-refractivity contribution in [2.75, 3.05) is 5.32 Å². The summed E-state index contributed by atoms with van der Waals surface area (Å²) in [5.74, 6) is -0.179. The summed E-state index contributed by atoms with van der Waals surface area (Å²) in [4.78, 5) is 11.8. The van der Waals surface area contributed by atoms with E-state index in [1.165, 1.54) is 12.1 Å². The first-order valence-corrected chi connectivity index (χ1v) is 6.31. The van der Waals surface area contributed by atoms with Gasteiger partial charge in [0.05, 0.1) is 16.1 Å². The Morgan fingerprint density at radius 1 is 1.39 bits per heavy atom. The van der Waals surface area contributed by atoms with Crippen molar-refractivity contribution >= 4 is 34.8 Å². The molecule has 1 rings (SSSR count). The highest BCUT2D eigenvalue weighted by Gasteiger charge is 2.16. The Morgan fingerprint density at radius 2 is 1.89 bits per heavy atom. The van der Waals surface area contributed by atoms with Crippen molar-refractivity contribution in [3.63, 3.8) is 0 Å². The van der Waals surface area contributed by atoms with Gasteiger partial charge in [0.25, 0.3) is 0 Å². The van der Waals surface area contributed by atoms with Crippen molar-refractivity contribution < 1.29 is 9.90 Å². The smallest absolute Gasteiger partial charge is 0.241 e. The summed E-state index contributed by atoms with van der Waals surface area (Å²) < 4.78 is 0. The molecule has 100 valence electrons. The van der Waals surface area contributed by atoms with Crippen molar-refractivity contribution in [2.24, 2.45) is 11.7 Å². The van der Waals surface area contributed by atoms with Gasteiger partial charge in [-0.2, -0.15) is 0 Å². The molecule has 0 aliphatic carbocycles. The summed E-state index contributed by atoms with van der Waals surface area (Å²) in [6, 6.07) is 2.25. The lowest BCUT2D eigenvalue weighted by molar-refractivity contribution is -0.117. The predicted octanol–water partition coefficient (Wildman–Crippen LogP) is 3.01. The molecule has 0 spiro atoms. The number of hydrogen-bond acceptors (Lipinski definition) is 3. The van der Waals surface area contributed by atoms with Gasteiger partial charge in [-0.15, -0.1) is 0 Å². The van der Waals surface area contributed by atoms with Gasteiger partial charge in [-0.25, -0.2) is 0 Å². The van der Waals surface area contributed by atoms with Crippen molar-refractivity contribution in [1.82, 2.24) is 0 Å². The zero-order chi connectivity index (χ0) is 13.9. The molecule has 6 heteroatoms. The Labute approximate surface area is 116 Å². The number of nitrogens with one attached hydrogen (secondary N) is 1. The quantitative estimate of drug-likeness (QED) is 0.746. The molecule has 0 fully saturated rings. The molecule has 1 amide bonds. The van der Waals surface area contributed by atoms with Gasteiger partial charge in [0.1, 0.15) is 0 Å². The van der Waals surface area contributed by atoms with Gasteiger partial charge in [-0.1, -0.05) is 37.0 Å². The third-order valence-electron chi connectivity index (χ3n) is 2.35. The van der Waals surface area contributed by atoms with Crippen molar-refractivity contribution in [3.8, 4) is 5.75 Å². The molecular formula is C12H16Cl2N2O2. The van der Waals surface area contributed by atoms with E-state index >= 15 is 0 Å². The van der Waals surface area contributed by atoms with Crippen molar-refractivity contribution in [3.05, 3.63) is 22.2 Å². The maximum atomic E-state index is 11.8. The Balaban J connectivity index is 2.76. The van der Waals surface area contributed by atoms with Crippen LogP contribution in [0.25, 0.3) is 0 Å². The fourth-order valence-corrected chi connectivity index (χ4v) is 1.97. The monoisotopic (exact) mass is 290 g/mol. The first-order chi connectivity index (χ1) is 8.31. The molecule has 4 nitrogen and oxygen atoms in total. The van der Waals surface area contributed by atoms with E-state index in [1.54, 1.807) is 0 Å². The summed E-state index contributed by atoms with van der Waals surface area (Å²) in [6.45, 7) is 3.98. The van der Waals surface area contributed by atoms with Gasteiger partial charge in [-0.3, -0.25) is 4.79 Å². The van der Waals surface area contributed by atoms with Crippen LogP contribution < -0.4 is 11.1 Å². The molecule has 0 radical (unpaired) electrons. The van der Waals surface area contributed by atoms with Gasteiger partial charge in [-0.05, 0) is 24.5 Å². The number of carbonyl (C=O) groups is 1. The van der Waals surface area contributed by atoms with Gasteiger partial charge in [0.15, 0.2) is 5.75 Å². The van der Waals surface area contributed by atoms with Crippen LogP contribution in [-0.4, -0.2) is 17.1 Å². The van der Waals surface area contributed by atoms with Gasteiger partial charge in [0, 0.05) is 5.69 Å². The molecule has 18 heavy (non-hydrogen) atoms. The van der Waals surface area contributed by atoms with Crippen LogP contribution in [0.4, 0.5) is 5.69 Å². The molecule has 0 aliphatic rings. The lowest BCUT2D eigenvalue weighted by Crippen LogP contribution is -2.36. The SMILES string of the molecule is CC(C)C[C@@H](N)C(=O)Nc1cc(Cl)c(O)c(Cl)c1. The van der Waals surface area contributed by atoms with Gasteiger partial charge in [0.2, 0.25) is 5.91 Å². The largest absolute Gasteiger partial charge is 0.505 e. The molecule has 0 aromatic heterocycles. The number of carbonyl (C=O) groups excluding carboxylic acids is 1. The maximum Gasteiger partial charge on any atom is 0.241 e. The van der Waals surface area contributed by atoms with Crippen LogP contribution in [0.5, 0.6) is 5.75 Å². The van der Waals surface area contributed by atoms with Crippen LogP contribution >= 0.6 is 23.2 Å². The summed E-state index contributed by atoms with van der Waals surface area (Å²) >= 11 is 11.5. The van der Waals surface area contributed by atoms with Gasteiger partial charge >= 0.3 is 0 Å². The highest BCUT2D eigenvalue weighted by molar-refractivity contribution is 6.37. The third kappa shape index (κ3) is 4.05. The molecule has 4 N–H and O–H groups in total. The summed E-state index contributed by atoms with van der Waals surface area (Å²) in [5, 5.41) is 12.2. The number of aromatic hydroxyl groups is 1. The van der Waals surface area contributed by atoms with Crippen LogP contribution in [0.2, 0.25) is 10.0 Å². The average molecular weight is 291 g/mol. The Morgan fingerprint density at radius 3 is 2.33 bits per heavy atom. The zero-order valence-electron chi connectivity index (χ0n) is 10.2. The van der Waals surface area contributed by atoms with E-state index in [4.69, 9.17) is 28.9 Å².